The highest BCUT2D eigenvalue weighted by Gasteiger charge is 2.17. The molecule has 0 spiro atoms. The third-order valence-corrected chi connectivity index (χ3v) is 3.99. The van der Waals surface area contributed by atoms with Crippen LogP contribution in [-0.2, 0) is 0 Å². The van der Waals surface area contributed by atoms with E-state index in [0.717, 1.165) is 33.8 Å². The zero-order chi connectivity index (χ0) is 18.1. The standard InChI is InChI=1S/C19H17N5O2.ClH/c1-11-4-9-15-17(23-13-5-7-14(25-3)8-6-13)16(10-20-18(15)21-11)19-22-12(2)24-26-19;/h4-10H,1-3H3,(H,20,21,23);1H. The summed E-state index contributed by atoms with van der Waals surface area (Å²) < 4.78 is 10.6. The van der Waals surface area contributed by atoms with Crippen molar-refractivity contribution in [1.82, 2.24) is 20.1 Å². The summed E-state index contributed by atoms with van der Waals surface area (Å²) >= 11 is 0. The predicted molar refractivity (Wildman–Crippen MR) is 106 cm³/mol. The largest absolute Gasteiger partial charge is 0.497 e. The van der Waals surface area contributed by atoms with Gasteiger partial charge in [-0.2, -0.15) is 4.98 Å². The van der Waals surface area contributed by atoms with Crippen molar-refractivity contribution in [1.29, 1.82) is 0 Å². The molecular weight excluding hydrogens is 366 g/mol. The van der Waals surface area contributed by atoms with Crippen LogP contribution in [0.5, 0.6) is 5.75 Å². The number of pyridine rings is 2. The Labute approximate surface area is 162 Å². The Morgan fingerprint density at radius 3 is 2.44 bits per heavy atom. The van der Waals surface area contributed by atoms with Gasteiger partial charge in [-0.25, -0.2) is 9.97 Å². The lowest BCUT2D eigenvalue weighted by atomic mass is 10.1. The third kappa shape index (κ3) is 3.68. The van der Waals surface area contributed by atoms with Crippen LogP contribution in [-0.4, -0.2) is 27.2 Å². The van der Waals surface area contributed by atoms with Crippen LogP contribution in [0.3, 0.4) is 0 Å². The summed E-state index contributed by atoms with van der Waals surface area (Å²) in [5, 5.41) is 8.19. The van der Waals surface area contributed by atoms with Gasteiger partial charge in [0.25, 0.3) is 5.89 Å². The number of ether oxygens (including phenoxy) is 1. The molecule has 8 heteroatoms. The smallest absolute Gasteiger partial charge is 0.261 e. The molecule has 3 heterocycles. The van der Waals surface area contributed by atoms with Gasteiger partial charge in [0.15, 0.2) is 11.5 Å². The maximum absolute atomic E-state index is 5.36. The Bertz CT molecular complexity index is 1080. The molecule has 1 aromatic carbocycles. The zero-order valence-electron chi connectivity index (χ0n) is 15.1. The van der Waals surface area contributed by atoms with Gasteiger partial charge in [-0.05, 0) is 50.2 Å². The number of rotatable bonds is 4. The van der Waals surface area contributed by atoms with Crippen LogP contribution in [0.4, 0.5) is 11.4 Å². The van der Waals surface area contributed by atoms with Crippen LogP contribution in [0.15, 0.2) is 47.1 Å². The minimum atomic E-state index is 0. The van der Waals surface area contributed by atoms with E-state index in [9.17, 15) is 0 Å². The van der Waals surface area contributed by atoms with E-state index in [-0.39, 0.29) is 12.4 Å². The lowest BCUT2D eigenvalue weighted by Crippen LogP contribution is -1.98. The van der Waals surface area contributed by atoms with Gasteiger partial charge in [0, 0.05) is 23.0 Å². The molecular formula is C19H18ClN5O2. The molecule has 0 saturated heterocycles. The molecule has 0 atom stereocenters. The Morgan fingerprint density at radius 1 is 1.00 bits per heavy atom. The molecule has 0 saturated carbocycles. The predicted octanol–water partition coefficient (Wildman–Crippen LogP) is 4.47. The van der Waals surface area contributed by atoms with Gasteiger partial charge in [-0.1, -0.05) is 5.16 Å². The first kappa shape index (κ1) is 18.6. The number of aromatic nitrogens is 4. The van der Waals surface area contributed by atoms with Gasteiger partial charge >= 0.3 is 0 Å². The monoisotopic (exact) mass is 383 g/mol. The van der Waals surface area contributed by atoms with Gasteiger partial charge in [0.2, 0.25) is 0 Å². The lowest BCUT2D eigenvalue weighted by molar-refractivity contribution is 0.415. The van der Waals surface area contributed by atoms with Crippen LogP contribution in [0.25, 0.3) is 22.5 Å². The average Bonchev–Trinajstić information content (AvgIpc) is 3.08. The highest BCUT2D eigenvalue weighted by atomic mass is 35.5. The van der Waals surface area contributed by atoms with Crippen molar-refractivity contribution in [2.75, 3.05) is 12.4 Å². The fourth-order valence-corrected chi connectivity index (χ4v) is 2.69. The fourth-order valence-electron chi connectivity index (χ4n) is 2.69. The molecule has 0 aliphatic rings. The normalized spacial score (nSPS) is 10.5. The van der Waals surface area contributed by atoms with Crippen molar-refractivity contribution in [2.24, 2.45) is 0 Å². The second-order valence-corrected chi connectivity index (χ2v) is 5.87. The SMILES string of the molecule is COc1ccc(Nc2c(-c3nc(C)no3)cnc3nc(C)ccc23)cc1.Cl. The summed E-state index contributed by atoms with van der Waals surface area (Å²) in [7, 11) is 1.64. The number of aryl methyl sites for hydroxylation is 2. The number of anilines is 2. The summed E-state index contributed by atoms with van der Waals surface area (Å²) in [5.74, 6) is 1.77. The molecule has 0 amide bonds. The first-order valence-corrected chi connectivity index (χ1v) is 8.12. The van der Waals surface area contributed by atoms with Crippen molar-refractivity contribution in [3.8, 4) is 17.2 Å². The van der Waals surface area contributed by atoms with Gasteiger partial charge < -0.3 is 14.6 Å². The van der Waals surface area contributed by atoms with Crippen molar-refractivity contribution < 1.29 is 9.26 Å². The molecule has 0 fully saturated rings. The van der Waals surface area contributed by atoms with Crippen molar-refractivity contribution in [3.05, 3.63) is 54.1 Å². The third-order valence-electron chi connectivity index (χ3n) is 3.99. The number of nitrogens with one attached hydrogen (secondary N) is 1. The Balaban J connectivity index is 0.00000210. The van der Waals surface area contributed by atoms with Gasteiger partial charge in [0.05, 0.1) is 18.4 Å². The van der Waals surface area contributed by atoms with E-state index in [1.165, 1.54) is 0 Å². The maximum atomic E-state index is 5.36. The topological polar surface area (TPSA) is 86.0 Å². The first-order valence-electron chi connectivity index (χ1n) is 8.12. The molecule has 0 radical (unpaired) electrons. The van der Waals surface area contributed by atoms with E-state index >= 15 is 0 Å². The molecule has 0 unspecified atom stereocenters. The minimum Gasteiger partial charge on any atom is -0.497 e. The van der Waals surface area contributed by atoms with Crippen molar-refractivity contribution in [2.45, 2.75) is 13.8 Å². The van der Waals surface area contributed by atoms with Crippen LogP contribution >= 0.6 is 12.4 Å². The minimum absolute atomic E-state index is 0. The molecule has 0 bridgehead atoms. The molecule has 3 aromatic heterocycles. The second-order valence-electron chi connectivity index (χ2n) is 5.87. The Kier molecular flexibility index (Phi) is 5.23. The highest BCUT2D eigenvalue weighted by Crippen LogP contribution is 2.34. The zero-order valence-corrected chi connectivity index (χ0v) is 15.9. The number of fused-ring (bicyclic) bond motifs is 1. The fraction of sp³-hybridized carbons (Fsp3) is 0.158. The molecule has 4 rings (SSSR count). The highest BCUT2D eigenvalue weighted by molar-refractivity contribution is 5.98. The summed E-state index contributed by atoms with van der Waals surface area (Å²) in [5.41, 5.74) is 4.00. The maximum Gasteiger partial charge on any atom is 0.261 e. The molecule has 1 N–H and O–H groups in total. The van der Waals surface area contributed by atoms with E-state index in [1.807, 2.05) is 43.3 Å². The molecule has 0 aliphatic heterocycles. The van der Waals surface area contributed by atoms with Gasteiger partial charge in [-0.3, -0.25) is 0 Å². The van der Waals surface area contributed by atoms with E-state index in [2.05, 4.69) is 25.4 Å². The van der Waals surface area contributed by atoms with Crippen LogP contribution in [0, 0.1) is 13.8 Å². The quantitative estimate of drug-likeness (QED) is 0.556. The van der Waals surface area contributed by atoms with Crippen LogP contribution in [0.1, 0.15) is 11.5 Å². The Hall–Kier alpha value is -3.19. The summed E-state index contributed by atoms with van der Waals surface area (Å²) in [6.45, 7) is 3.72. The molecule has 7 nitrogen and oxygen atoms in total. The number of nitrogens with zero attached hydrogens (tertiary/aromatic N) is 4. The number of methoxy groups -OCH3 is 1. The van der Waals surface area contributed by atoms with Gasteiger partial charge in [-0.15, -0.1) is 12.4 Å². The van der Waals surface area contributed by atoms with E-state index in [1.54, 1.807) is 20.2 Å². The molecule has 27 heavy (non-hydrogen) atoms. The van der Waals surface area contributed by atoms with E-state index in [4.69, 9.17) is 9.26 Å². The average molecular weight is 384 g/mol. The lowest BCUT2D eigenvalue weighted by Gasteiger charge is -2.13. The number of hydrogen-bond donors (Lipinski definition) is 1. The Morgan fingerprint density at radius 2 is 1.78 bits per heavy atom. The number of halogens is 1. The first-order chi connectivity index (χ1) is 12.6. The van der Waals surface area contributed by atoms with E-state index in [0.29, 0.717) is 17.4 Å². The molecule has 4 aromatic rings. The summed E-state index contributed by atoms with van der Waals surface area (Å²) in [4.78, 5) is 13.3. The van der Waals surface area contributed by atoms with Crippen molar-refractivity contribution >= 4 is 34.8 Å². The van der Waals surface area contributed by atoms with Crippen LogP contribution < -0.4 is 10.1 Å². The summed E-state index contributed by atoms with van der Waals surface area (Å²) in [6.07, 6.45) is 1.70. The van der Waals surface area contributed by atoms with E-state index < -0.39 is 0 Å². The molecule has 0 aliphatic carbocycles. The summed E-state index contributed by atoms with van der Waals surface area (Å²) in [6, 6.07) is 11.6. The van der Waals surface area contributed by atoms with Crippen LogP contribution in [0.2, 0.25) is 0 Å². The van der Waals surface area contributed by atoms with Crippen molar-refractivity contribution in [3.63, 3.8) is 0 Å². The molecule has 138 valence electrons. The number of hydrogen-bond acceptors (Lipinski definition) is 7. The second kappa shape index (κ2) is 7.59. The van der Waals surface area contributed by atoms with Gasteiger partial charge in [0.1, 0.15) is 5.75 Å². The number of benzene rings is 1.